The number of ether oxygens (including phenoxy) is 1. The van der Waals surface area contributed by atoms with Crippen LogP contribution in [0.1, 0.15) is 34.1 Å². The van der Waals surface area contributed by atoms with Crippen molar-refractivity contribution in [2.45, 2.75) is 32.5 Å². The number of rotatable bonds is 7. The number of methoxy groups -OCH3 is 1. The Morgan fingerprint density at radius 3 is 2.76 bits per heavy atom. The summed E-state index contributed by atoms with van der Waals surface area (Å²) in [5.74, 6) is 0.425. The Morgan fingerprint density at radius 2 is 2.07 bits per heavy atom. The van der Waals surface area contributed by atoms with E-state index in [-0.39, 0.29) is 11.8 Å². The number of benzene rings is 1. The Hall–Kier alpha value is -2.38. The quantitative estimate of drug-likeness (QED) is 0.756. The first-order valence-corrected chi connectivity index (χ1v) is 11.0. The van der Waals surface area contributed by atoms with Gasteiger partial charge in [0.15, 0.2) is 6.10 Å². The Kier molecular flexibility index (Phi) is 7.28. The molecule has 3 rings (SSSR count). The predicted molar refractivity (Wildman–Crippen MR) is 115 cm³/mol. The fraction of sp³-hybridized carbons (Fsp3) is 0.409. The van der Waals surface area contributed by atoms with Gasteiger partial charge in [0, 0.05) is 38.6 Å². The van der Waals surface area contributed by atoms with Crippen LogP contribution in [0.5, 0.6) is 0 Å². The number of hydrogen-bond donors (Lipinski definition) is 1. The molecule has 1 aromatic carbocycles. The summed E-state index contributed by atoms with van der Waals surface area (Å²) in [6, 6.07) is 9.55. The molecule has 154 valence electrons. The first-order chi connectivity index (χ1) is 14.0. The number of nitrogens with zero attached hydrogens (tertiary/aromatic N) is 2. The molecule has 0 bridgehead atoms. The number of carbonyl (C=O) groups is 2. The zero-order chi connectivity index (χ0) is 20.8. The molecule has 1 unspecified atom stereocenters. The smallest absolute Gasteiger partial charge is 0.256 e. The molecule has 0 radical (unpaired) electrons. The molecule has 1 aliphatic heterocycles. The second kappa shape index (κ2) is 9.89. The molecule has 0 saturated heterocycles. The largest absolute Gasteiger partial charge is 0.367 e. The second-order valence-electron chi connectivity index (χ2n) is 7.07. The van der Waals surface area contributed by atoms with Gasteiger partial charge >= 0.3 is 0 Å². The number of aryl methyl sites for hydroxylation is 1. The van der Waals surface area contributed by atoms with E-state index in [1.165, 1.54) is 17.3 Å². The lowest BCUT2D eigenvalue weighted by atomic mass is 9.94. The molecular formula is C22H27N3O3S. The van der Waals surface area contributed by atoms with Gasteiger partial charge < -0.3 is 15.0 Å². The number of carbonyl (C=O) groups excluding carboxylic acids is 2. The standard InChI is InChI=1S/C22H27N3O3S/c1-15-19(12-24-20(26)14-29-3)18-9-10-25(13-17(18)11-23-15)22(27)21(28-2)16-7-5-4-6-8-16/h4-8,11,21H,9-10,12-14H2,1-3H3,(H,24,26). The van der Waals surface area contributed by atoms with E-state index >= 15 is 0 Å². The molecule has 2 amide bonds. The number of hydrogen-bond acceptors (Lipinski definition) is 5. The number of nitrogens with one attached hydrogen (secondary N) is 1. The Labute approximate surface area is 176 Å². The highest BCUT2D eigenvalue weighted by molar-refractivity contribution is 7.99. The molecule has 0 aliphatic carbocycles. The van der Waals surface area contributed by atoms with E-state index in [0.717, 1.165) is 28.8 Å². The van der Waals surface area contributed by atoms with Crippen molar-refractivity contribution in [3.05, 3.63) is 64.5 Å². The summed E-state index contributed by atoms with van der Waals surface area (Å²) in [6.45, 7) is 3.55. The molecule has 1 aliphatic rings. The molecule has 1 aromatic heterocycles. The number of pyridine rings is 1. The van der Waals surface area contributed by atoms with Crippen molar-refractivity contribution in [3.8, 4) is 0 Å². The Bertz CT molecular complexity index is 873. The molecule has 1 N–H and O–H groups in total. The van der Waals surface area contributed by atoms with E-state index in [2.05, 4.69) is 10.3 Å². The zero-order valence-corrected chi connectivity index (χ0v) is 17.9. The highest BCUT2D eigenvalue weighted by Gasteiger charge is 2.29. The fourth-order valence-electron chi connectivity index (χ4n) is 3.69. The van der Waals surface area contributed by atoms with Gasteiger partial charge in [0.25, 0.3) is 5.91 Å². The van der Waals surface area contributed by atoms with Crippen LogP contribution < -0.4 is 5.32 Å². The van der Waals surface area contributed by atoms with Crippen molar-refractivity contribution < 1.29 is 14.3 Å². The minimum atomic E-state index is -0.610. The molecule has 7 heteroatoms. The summed E-state index contributed by atoms with van der Waals surface area (Å²) in [6.07, 6.45) is 3.89. The molecule has 2 heterocycles. The lowest BCUT2D eigenvalue weighted by Gasteiger charge is -2.32. The van der Waals surface area contributed by atoms with Crippen LogP contribution in [0.2, 0.25) is 0 Å². The molecule has 0 fully saturated rings. The molecule has 6 nitrogen and oxygen atoms in total. The number of thioether (sulfide) groups is 1. The summed E-state index contributed by atoms with van der Waals surface area (Å²) in [4.78, 5) is 31.3. The Balaban J connectivity index is 1.76. The average molecular weight is 414 g/mol. The summed E-state index contributed by atoms with van der Waals surface area (Å²) < 4.78 is 5.51. The summed E-state index contributed by atoms with van der Waals surface area (Å²) in [7, 11) is 1.56. The van der Waals surface area contributed by atoms with Crippen molar-refractivity contribution >= 4 is 23.6 Å². The van der Waals surface area contributed by atoms with Crippen LogP contribution >= 0.6 is 11.8 Å². The minimum absolute atomic E-state index is 0.0212. The van der Waals surface area contributed by atoms with Crippen LogP contribution in [0.3, 0.4) is 0 Å². The molecule has 2 aromatic rings. The van der Waals surface area contributed by atoms with Gasteiger partial charge in [0.2, 0.25) is 5.91 Å². The highest BCUT2D eigenvalue weighted by atomic mass is 32.2. The number of amides is 2. The topological polar surface area (TPSA) is 71.5 Å². The van der Waals surface area contributed by atoms with E-state index in [1.54, 1.807) is 7.11 Å². The maximum Gasteiger partial charge on any atom is 0.256 e. The third-order valence-corrected chi connectivity index (χ3v) is 5.76. The summed E-state index contributed by atoms with van der Waals surface area (Å²) in [5, 5.41) is 2.97. The normalized spacial score (nSPS) is 14.2. The van der Waals surface area contributed by atoms with Crippen LogP contribution in [0.25, 0.3) is 0 Å². The van der Waals surface area contributed by atoms with Crippen LogP contribution in [0, 0.1) is 6.92 Å². The summed E-state index contributed by atoms with van der Waals surface area (Å²) >= 11 is 1.50. The van der Waals surface area contributed by atoms with Crippen molar-refractivity contribution in [1.29, 1.82) is 0 Å². The maximum atomic E-state index is 13.1. The molecule has 1 atom stereocenters. The summed E-state index contributed by atoms with van der Waals surface area (Å²) in [5.41, 5.74) is 5.07. The zero-order valence-electron chi connectivity index (χ0n) is 17.1. The number of fused-ring (bicyclic) bond motifs is 1. The van der Waals surface area contributed by atoms with Gasteiger partial charge in [-0.3, -0.25) is 14.6 Å². The average Bonchev–Trinajstić information content (AvgIpc) is 2.74. The predicted octanol–water partition coefficient (Wildman–Crippen LogP) is 2.64. The first kappa shape index (κ1) is 21.3. The molecule has 29 heavy (non-hydrogen) atoms. The molecule has 0 spiro atoms. The number of aromatic nitrogens is 1. The van der Waals surface area contributed by atoms with Gasteiger partial charge in [0.05, 0.1) is 5.75 Å². The van der Waals surface area contributed by atoms with Crippen LogP contribution in [-0.2, 0) is 33.8 Å². The van der Waals surface area contributed by atoms with E-state index in [0.29, 0.717) is 25.4 Å². The van der Waals surface area contributed by atoms with Crippen LogP contribution in [-0.4, -0.2) is 47.4 Å². The minimum Gasteiger partial charge on any atom is -0.367 e. The van der Waals surface area contributed by atoms with Crippen molar-refractivity contribution in [3.63, 3.8) is 0 Å². The van der Waals surface area contributed by atoms with Crippen molar-refractivity contribution in [2.75, 3.05) is 25.7 Å². The SMILES string of the molecule is COC(C(=O)N1CCc2c(cnc(C)c2CNC(=O)CSC)C1)c1ccccc1. The van der Waals surface area contributed by atoms with Crippen LogP contribution in [0.4, 0.5) is 0 Å². The third-order valence-electron chi connectivity index (χ3n) is 5.21. The monoisotopic (exact) mass is 413 g/mol. The van der Waals surface area contributed by atoms with Crippen molar-refractivity contribution in [2.24, 2.45) is 0 Å². The van der Waals surface area contributed by atoms with Gasteiger partial charge in [-0.2, -0.15) is 11.8 Å². The fourth-order valence-corrected chi connectivity index (χ4v) is 4.05. The highest BCUT2D eigenvalue weighted by Crippen LogP contribution is 2.27. The lowest BCUT2D eigenvalue weighted by molar-refractivity contribution is -0.143. The Morgan fingerprint density at radius 1 is 1.31 bits per heavy atom. The van der Waals surface area contributed by atoms with Gasteiger partial charge in [-0.1, -0.05) is 30.3 Å². The van der Waals surface area contributed by atoms with Gasteiger partial charge in [-0.05, 0) is 41.9 Å². The van der Waals surface area contributed by atoms with Crippen LogP contribution in [0.15, 0.2) is 36.5 Å². The second-order valence-corrected chi connectivity index (χ2v) is 7.94. The lowest BCUT2D eigenvalue weighted by Crippen LogP contribution is -2.40. The third kappa shape index (κ3) is 4.97. The first-order valence-electron chi connectivity index (χ1n) is 9.63. The maximum absolute atomic E-state index is 13.1. The van der Waals surface area contributed by atoms with E-state index in [1.807, 2.05) is 54.6 Å². The molecule has 0 saturated carbocycles. The van der Waals surface area contributed by atoms with Gasteiger partial charge in [0.1, 0.15) is 0 Å². The van der Waals surface area contributed by atoms with E-state index < -0.39 is 6.10 Å². The van der Waals surface area contributed by atoms with Gasteiger partial charge in [-0.25, -0.2) is 0 Å². The van der Waals surface area contributed by atoms with E-state index in [4.69, 9.17) is 4.74 Å². The van der Waals surface area contributed by atoms with Gasteiger partial charge in [-0.15, -0.1) is 0 Å². The van der Waals surface area contributed by atoms with E-state index in [9.17, 15) is 9.59 Å². The van der Waals surface area contributed by atoms with Crippen molar-refractivity contribution in [1.82, 2.24) is 15.2 Å². The molecular weight excluding hydrogens is 386 g/mol.